The molecule has 0 saturated heterocycles. The number of benzene rings is 2. The quantitative estimate of drug-likeness (QED) is 0.797. The van der Waals surface area contributed by atoms with Crippen LogP contribution < -0.4 is 15.8 Å². The third kappa shape index (κ3) is 5.30. The maximum atomic E-state index is 13.1. The first-order valence-corrected chi connectivity index (χ1v) is 9.08. The number of halogens is 1. The second kappa shape index (κ2) is 8.81. The zero-order chi connectivity index (χ0) is 18.4. The number of nitrogens with two attached hydrogens (primary N) is 1. The molecule has 26 heavy (non-hydrogen) atoms. The highest BCUT2D eigenvalue weighted by Gasteiger charge is 2.25. The Bertz CT molecular complexity index is 733. The van der Waals surface area contributed by atoms with Crippen molar-refractivity contribution in [2.75, 3.05) is 0 Å². The van der Waals surface area contributed by atoms with E-state index in [1.54, 1.807) is 6.07 Å². The van der Waals surface area contributed by atoms with Gasteiger partial charge >= 0.3 is 0 Å². The zero-order valence-corrected chi connectivity index (χ0v) is 14.8. The largest absolute Gasteiger partial charge is 0.489 e. The number of rotatable bonds is 7. The second-order valence-corrected chi connectivity index (χ2v) is 6.90. The summed E-state index contributed by atoms with van der Waals surface area (Å²) in [4.78, 5) is 12.0. The molecule has 1 amide bonds. The Balaban J connectivity index is 1.43. The van der Waals surface area contributed by atoms with Crippen LogP contribution in [0.2, 0.25) is 0 Å². The van der Waals surface area contributed by atoms with Crippen LogP contribution in [0.1, 0.15) is 36.8 Å². The topological polar surface area (TPSA) is 64.4 Å². The summed E-state index contributed by atoms with van der Waals surface area (Å²) in [5.41, 5.74) is 7.81. The van der Waals surface area contributed by atoms with E-state index >= 15 is 0 Å². The van der Waals surface area contributed by atoms with Crippen LogP contribution in [0.15, 0.2) is 48.5 Å². The predicted octanol–water partition coefficient (Wildman–Crippen LogP) is 3.54. The van der Waals surface area contributed by atoms with E-state index in [4.69, 9.17) is 10.5 Å². The van der Waals surface area contributed by atoms with Crippen molar-refractivity contribution in [3.05, 3.63) is 65.5 Å². The lowest BCUT2D eigenvalue weighted by atomic mass is 10.00. The predicted molar refractivity (Wildman–Crippen MR) is 99.0 cm³/mol. The Hall–Kier alpha value is -2.40. The highest BCUT2D eigenvalue weighted by atomic mass is 19.1. The Morgan fingerprint density at radius 2 is 1.96 bits per heavy atom. The molecule has 0 heterocycles. The van der Waals surface area contributed by atoms with Gasteiger partial charge in [-0.05, 0) is 54.2 Å². The molecule has 0 aromatic heterocycles. The Morgan fingerprint density at radius 1 is 1.15 bits per heavy atom. The van der Waals surface area contributed by atoms with E-state index in [0.29, 0.717) is 31.2 Å². The van der Waals surface area contributed by atoms with E-state index in [9.17, 15) is 9.18 Å². The highest BCUT2D eigenvalue weighted by Crippen LogP contribution is 2.26. The van der Waals surface area contributed by atoms with Gasteiger partial charge in [0.2, 0.25) is 5.91 Å². The average molecular weight is 356 g/mol. The zero-order valence-electron chi connectivity index (χ0n) is 14.8. The minimum atomic E-state index is -0.268. The molecule has 0 radical (unpaired) electrons. The van der Waals surface area contributed by atoms with E-state index in [1.807, 2.05) is 30.3 Å². The minimum absolute atomic E-state index is 0.0544. The molecule has 2 aromatic carbocycles. The number of nitrogens with one attached hydrogen (secondary N) is 1. The highest BCUT2D eigenvalue weighted by molar-refractivity contribution is 5.76. The molecule has 138 valence electrons. The molecule has 3 N–H and O–H groups in total. The lowest BCUT2D eigenvalue weighted by Gasteiger charge is -2.14. The lowest BCUT2D eigenvalue weighted by Crippen LogP contribution is -2.31. The first-order chi connectivity index (χ1) is 12.6. The van der Waals surface area contributed by atoms with Gasteiger partial charge < -0.3 is 15.8 Å². The van der Waals surface area contributed by atoms with Crippen LogP contribution in [-0.4, -0.2) is 11.9 Å². The van der Waals surface area contributed by atoms with Crippen molar-refractivity contribution in [2.45, 2.75) is 44.9 Å². The fraction of sp³-hybridized carbons (Fsp3) is 0.381. The Kier molecular flexibility index (Phi) is 6.23. The van der Waals surface area contributed by atoms with Gasteiger partial charge in [-0.2, -0.15) is 0 Å². The summed E-state index contributed by atoms with van der Waals surface area (Å²) in [6.45, 7) is 0.806. The third-order valence-corrected chi connectivity index (χ3v) is 4.87. The van der Waals surface area contributed by atoms with Crippen LogP contribution in [0.5, 0.6) is 5.75 Å². The molecule has 0 bridgehead atoms. The third-order valence-electron chi connectivity index (χ3n) is 4.87. The van der Waals surface area contributed by atoms with E-state index in [2.05, 4.69) is 5.32 Å². The van der Waals surface area contributed by atoms with Crippen LogP contribution in [0.4, 0.5) is 4.39 Å². The van der Waals surface area contributed by atoms with Gasteiger partial charge in [0.25, 0.3) is 0 Å². The molecule has 0 spiro atoms. The number of carbonyl (C=O) groups excluding carboxylic acids is 1. The SMILES string of the molecule is N[C@@H]1CCC[C@H]1CC(=O)NCc1ccc(OCc2cccc(F)c2)cc1. The fourth-order valence-corrected chi connectivity index (χ4v) is 3.33. The standard InChI is InChI=1S/C21H25FN2O2/c22-18-5-1-3-16(11-18)14-26-19-9-7-15(8-10-19)13-24-21(25)12-17-4-2-6-20(17)23/h1,3,5,7-11,17,20H,2,4,6,12-14,23H2,(H,24,25)/t17-,20+/m0/s1. The summed E-state index contributed by atoms with van der Waals surface area (Å²) in [5.74, 6) is 0.810. The van der Waals surface area contributed by atoms with Crippen molar-refractivity contribution in [1.29, 1.82) is 0 Å². The van der Waals surface area contributed by atoms with Crippen LogP contribution in [0.3, 0.4) is 0 Å². The van der Waals surface area contributed by atoms with Crippen molar-refractivity contribution in [2.24, 2.45) is 11.7 Å². The van der Waals surface area contributed by atoms with E-state index in [1.165, 1.54) is 12.1 Å². The van der Waals surface area contributed by atoms with Gasteiger partial charge in [-0.15, -0.1) is 0 Å². The molecule has 4 nitrogen and oxygen atoms in total. The Labute approximate surface area is 153 Å². The average Bonchev–Trinajstić information content (AvgIpc) is 3.04. The maximum Gasteiger partial charge on any atom is 0.220 e. The van der Waals surface area contributed by atoms with Gasteiger partial charge in [-0.25, -0.2) is 4.39 Å². The molecule has 5 heteroatoms. The van der Waals surface area contributed by atoms with Crippen molar-refractivity contribution < 1.29 is 13.9 Å². The van der Waals surface area contributed by atoms with Gasteiger partial charge in [0.05, 0.1) is 0 Å². The lowest BCUT2D eigenvalue weighted by molar-refractivity contribution is -0.122. The smallest absolute Gasteiger partial charge is 0.220 e. The summed E-state index contributed by atoms with van der Waals surface area (Å²) < 4.78 is 18.8. The number of hydrogen-bond acceptors (Lipinski definition) is 3. The monoisotopic (exact) mass is 356 g/mol. The second-order valence-electron chi connectivity index (χ2n) is 6.90. The molecule has 2 atom stereocenters. The van der Waals surface area contributed by atoms with Crippen molar-refractivity contribution in [3.63, 3.8) is 0 Å². The molecule has 1 fully saturated rings. The van der Waals surface area contributed by atoms with Gasteiger partial charge in [-0.1, -0.05) is 30.7 Å². The normalized spacial score (nSPS) is 19.3. The number of ether oxygens (including phenoxy) is 1. The maximum absolute atomic E-state index is 13.1. The molecular formula is C21H25FN2O2. The van der Waals surface area contributed by atoms with E-state index in [0.717, 1.165) is 30.4 Å². The van der Waals surface area contributed by atoms with Crippen molar-refractivity contribution >= 4 is 5.91 Å². The number of amides is 1. The van der Waals surface area contributed by atoms with Crippen LogP contribution >= 0.6 is 0 Å². The van der Waals surface area contributed by atoms with E-state index in [-0.39, 0.29) is 17.8 Å². The molecule has 1 aliphatic rings. The molecular weight excluding hydrogens is 331 g/mol. The number of carbonyl (C=O) groups is 1. The van der Waals surface area contributed by atoms with Crippen LogP contribution in [-0.2, 0) is 17.9 Å². The molecule has 1 aliphatic carbocycles. The molecule has 2 aromatic rings. The fourth-order valence-electron chi connectivity index (χ4n) is 3.33. The summed E-state index contributed by atoms with van der Waals surface area (Å²) >= 11 is 0. The van der Waals surface area contributed by atoms with Gasteiger partial charge in [0.15, 0.2) is 0 Å². The van der Waals surface area contributed by atoms with Crippen LogP contribution in [0.25, 0.3) is 0 Å². The van der Waals surface area contributed by atoms with Crippen molar-refractivity contribution in [1.82, 2.24) is 5.32 Å². The molecule has 1 saturated carbocycles. The van der Waals surface area contributed by atoms with E-state index < -0.39 is 0 Å². The minimum Gasteiger partial charge on any atom is -0.489 e. The summed E-state index contributed by atoms with van der Waals surface area (Å²) in [6.07, 6.45) is 3.70. The summed E-state index contributed by atoms with van der Waals surface area (Å²) in [5, 5.41) is 2.95. The van der Waals surface area contributed by atoms with Crippen molar-refractivity contribution in [3.8, 4) is 5.75 Å². The molecule has 0 unspecified atom stereocenters. The van der Waals surface area contributed by atoms with Gasteiger partial charge in [0, 0.05) is 19.0 Å². The van der Waals surface area contributed by atoms with Gasteiger partial charge in [-0.3, -0.25) is 4.79 Å². The summed E-state index contributed by atoms with van der Waals surface area (Å²) in [7, 11) is 0. The molecule has 3 rings (SSSR count). The van der Waals surface area contributed by atoms with Crippen LogP contribution in [0, 0.1) is 11.7 Å². The summed E-state index contributed by atoms with van der Waals surface area (Å²) in [6, 6.07) is 14.1. The first-order valence-electron chi connectivity index (χ1n) is 9.08. The van der Waals surface area contributed by atoms with Gasteiger partial charge in [0.1, 0.15) is 18.2 Å². The first kappa shape index (κ1) is 18.4. The molecule has 0 aliphatic heterocycles. The Morgan fingerprint density at radius 3 is 2.65 bits per heavy atom. The number of hydrogen-bond donors (Lipinski definition) is 2.